The number of nitrogens with two attached hydrogens (primary N) is 1. The van der Waals surface area contributed by atoms with Gasteiger partial charge in [0.1, 0.15) is 5.82 Å². The smallest absolute Gasteiger partial charge is 0.126 e. The van der Waals surface area contributed by atoms with E-state index < -0.39 is 0 Å². The van der Waals surface area contributed by atoms with Crippen LogP contribution in [0.1, 0.15) is 11.1 Å². The lowest BCUT2D eigenvalue weighted by atomic mass is 10.1. The van der Waals surface area contributed by atoms with Crippen molar-refractivity contribution in [3.63, 3.8) is 0 Å². The number of pyridine rings is 1. The predicted octanol–water partition coefficient (Wildman–Crippen LogP) is 2.15. The average Bonchev–Trinajstić information content (AvgIpc) is 2.38. The Labute approximate surface area is 95.3 Å². The van der Waals surface area contributed by atoms with E-state index in [-0.39, 0.29) is 0 Å². The third kappa shape index (κ3) is 2.58. The van der Waals surface area contributed by atoms with Gasteiger partial charge in [-0.3, -0.25) is 0 Å². The van der Waals surface area contributed by atoms with Crippen LogP contribution in [0.25, 0.3) is 0 Å². The van der Waals surface area contributed by atoms with E-state index in [2.05, 4.69) is 22.4 Å². The highest BCUT2D eigenvalue weighted by molar-refractivity contribution is 5.36. The lowest BCUT2D eigenvalue weighted by Crippen LogP contribution is -2.06. The molecule has 0 amide bonds. The van der Waals surface area contributed by atoms with Gasteiger partial charge >= 0.3 is 0 Å². The molecule has 82 valence electrons. The van der Waals surface area contributed by atoms with Crippen molar-refractivity contribution in [1.29, 1.82) is 0 Å². The van der Waals surface area contributed by atoms with Crippen LogP contribution in [0.15, 0.2) is 48.7 Å². The molecule has 1 heterocycles. The largest absolute Gasteiger partial charge is 0.366 e. The first-order valence-electron chi connectivity index (χ1n) is 5.32. The molecule has 0 aliphatic heterocycles. The van der Waals surface area contributed by atoms with Crippen LogP contribution in [0.5, 0.6) is 0 Å². The summed E-state index contributed by atoms with van der Waals surface area (Å²) >= 11 is 0. The van der Waals surface area contributed by atoms with Crippen LogP contribution < -0.4 is 11.1 Å². The zero-order valence-electron chi connectivity index (χ0n) is 9.06. The zero-order chi connectivity index (χ0) is 11.2. The van der Waals surface area contributed by atoms with E-state index >= 15 is 0 Å². The van der Waals surface area contributed by atoms with Gasteiger partial charge in [-0.05, 0) is 23.3 Å². The maximum Gasteiger partial charge on any atom is 0.126 e. The topological polar surface area (TPSA) is 50.9 Å². The molecule has 16 heavy (non-hydrogen) atoms. The Bertz CT molecular complexity index is 440. The quantitative estimate of drug-likeness (QED) is 0.818. The molecular weight excluding hydrogens is 198 g/mol. The average molecular weight is 213 g/mol. The zero-order valence-corrected chi connectivity index (χ0v) is 9.06. The maximum atomic E-state index is 5.68. The first-order chi connectivity index (χ1) is 7.90. The monoisotopic (exact) mass is 213 g/mol. The van der Waals surface area contributed by atoms with Gasteiger partial charge in [-0.15, -0.1) is 0 Å². The molecule has 0 aliphatic rings. The fraction of sp³-hybridized carbons (Fsp3) is 0.154. The third-order valence-electron chi connectivity index (χ3n) is 2.46. The van der Waals surface area contributed by atoms with E-state index in [1.165, 1.54) is 11.1 Å². The van der Waals surface area contributed by atoms with Gasteiger partial charge in [0.05, 0.1) is 0 Å². The van der Waals surface area contributed by atoms with E-state index in [0.717, 1.165) is 12.4 Å². The fourth-order valence-corrected chi connectivity index (χ4v) is 1.58. The highest BCUT2D eigenvalue weighted by atomic mass is 15.0. The Morgan fingerprint density at radius 3 is 2.44 bits per heavy atom. The third-order valence-corrected chi connectivity index (χ3v) is 2.46. The van der Waals surface area contributed by atoms with Crippen molar-refractivity contribution in [2.75, 3.05) is 5.32 Å². The SMILES string of the molecule is NCc1ccccc1CNc1ccccn1. The molecule has 2 aromatic rings. The second-order valence-corrected chi connectivity index (χ2v) is 3.54. The summed E-state index contributed by atoms with van der Waals surface area (Å²) < 4.78 is 0. The van der Waals surface area contributed by atoms with Crippen LogP contribution in [0, 0.1) is 0 Å². The van der Waals surface area contributed by atoms with Crippen molar-refractivity contribution in [3.8, 4) is 0 Å². The minimum absolute atomic E-state index is 0.570. The van der Waals surface area contributed by atoms with E-state index in [1.807, 2.05) is 30.3 Å². The second-order valence-electron chi connectivity index (χ2n) is 3.54. The highest BCUT2D eigenvalue weighted by Gasteiger charge is 1.99. The second kappa shape index (κ2) is 5.28. The van der Waals surface area contributed by atoms with Gasteiger partial charge in [-0.25, -0.2) is 4.98 Å². The van der Waals surface area contributed by atoms with Gasteiger partial charge in [0.2, 0.25) is 0 Å². The molecule has 3 N–H and O–H groups in total. The van der Waals surface area contributed by atoms with Crippen LogP contribution in [0.4, 0.5) is 5.82 Å². The molecular formula is C13H15N3. The van der Waals surface area contributed by atoms with Crippen molar-refractivity contribution >= 4 is 5.82 Å². The van der Waals surface area contributed by atoms with Crippen molar-refractivity contribution in [1.82, 2.24) is 4.98 Å². The van der Waals surface area contributed by atoms with Crippen LogP contribution >= 0.6 is 0 Å². The number of hydrogen-bond acceptors (Lipinski definition) is 3. The summed E-state index contributed by atoms with van der Waals surface area (Å²) in [7, 11) is 0. The summed E-state index contributed by atoms with van der Waals surface area (Å²) in [5, 5.41) is 3.27. The van der Waals surface area contributed by atoms with Crippen molar-refractivity contribution in [2.24, 2.45) is 5.73 Å². The van der Waals surface area contributed by atoms with Crippen LogP contribution in [0.3, 0.4) is 0 Å². The molecule has 2 rings (SSSR count). The first kappa shape index (κ1) is 10.6. The lowest BCUT2D eigenvalue weighted by molar-refractivity contribution is 1.00. The van der Waals surface area contributed by atoms with E-state index in [4.69, 9.17) is 5.73 Å². The van der Waals surface area contributed by atoms with E-state index in [9.17, 15) is 0 Å². The number of aromatic nitrogens is 1. The normalized spacial score (nSPS) is 10.1. The molecule has 0 saturated heterocycles. The first-order valence-corrected chi connectivity index (χ1v) is 5.32. The molecule has 1 aromatic heterocycles. The van der Waals surface area contributed by atoms with E-state index in [1.54, 1.807) is 6.20 Å². The van der Waals surface area contributed by atoms with Gasteiger partial charge in [0.25, 0.3) is 0 Å². The number of nitrogens with zero attached hydrogens (tertiary/aromatic N) is 1. The molecule has 0 bridgehead atoms. The summed E-state index contributed by atoms with van der Waals surface area (Å²) in [5.74, 6) is 0.884. The lowest BCUT2D eigenvalue weighted by Gasteiger charge is -2.09. The minimum atomic E-state index is 0.570. The van der Waals surface area contributed by atoms with Gasteiger partial charge in [0.15, 0.2) is 0 Å². The Balaban J connectivity index is 2.05. The Hall–Kier alpha value is -1.87. The fourth-order valence-electron chi connectivity index (χ4n) is 1.58. The van der Waals surface area contributed by atoms with Crippen molar-refractivity contribution in [3.05, 3.63) is 59.8 Å². The van der Waals surface area contributed by atoms with Crippen molar-refractivity contribution in [2.45, 2.75) is 13.1 Å². The Morgan fingerprint density at radius 2 is 1.75 bits per heavy atom. The van der Waals surface area contributed by atoms with Gasteiger partial charge < -0.3 is 11.1 Å². The minimum Gasteiger partial charge on any atom is -0.366 e. The Morgan fingerprint density at radius 1 is 1.00 bits per heavy atom. The predicted molar refractivity (Wildman–Crippen MR) is 65.9 cm³/mol. The molecule has 0 saturated carbocycles. The molecule has 3 heteroatoms. The van der Waals surface area contributed by atoms with Crippen LogP contribution in [0.2, 0.25) is 0 Å². The van der Waals surface area contributed by atoms with Crippen LogP contribution in [-0.4, -0.2) is 4.98 Å². The number of rotatable bonds is 4. The summed E-state index contributed by atoms with van der Waals surface area (Å²) in [6, 6.07) is 14.0. The standard InChI is InChI=1S/C13H15N3/c14-9-11-5-1-2-6-12(11)10-16-13-7-3-4-8-15-13/h1-8H,9-10,14H2,(H,15,16). The number of anilines is 1. The van der Waals surface area contributed by atoms with Gasteiger partial charge in [0, 0.05) is 19.3 Å². The molecule has 3 nitrogen and oxygen atoms in total. The molecule has 0 fully saturated rings. The molecule has 0 atom stereocenters. The summed E-state index contributed by atoms with van der Waals surface area (Å²) in [6.07, 6.45) is 1.77. The highest BCUT2D eigenvalue weighted by Crippen LogP contribution is 2.10. The number of benzene rings is 1. The molecule has 0 unspecified atom stereocenters. The number of nitrogens with one attached hydrogen (secondary N) is 1. The molecule has 0 radical (unpaired) electrons. The Kier molecular flexibility index (Phi) is 3.51. The number of hydrogen-bond donors (Lipinski definition) is 2. The maximum absolute atomic E-state index is 5.68. The molecule has 0 spiro atoms. The summed E-state index contributed by atoms with van der Waals surface area (Å²) in [4.78, 5) is 4.21. The van der Waals surface area contributed by atoms with Gasteiger partial charge in [-0.1, -0.05) is 30.3 Å². The van der Waals surface area contributed by atoms with E-state index in [0.29, 0.717) is 6.54 Å². The summed E-state index contributed by atoms with van der Waals surface area (Å²) in [5.41, 5.74) is 8.07. The molecule has 1 aromatic carbocycles. The van der Waals surface area contributed by atoms with Crippen molar-refractivity contribution < 1.29 is 0 Å². The summed E-state index contributed by atoms with van der Waals surface area (Å²) in [6.45, 7) is 1.32. The van der Waals surface area contributed by atoms with Gasteiger partial charge in [-0.2, -0.15) is 0 Å². The molecule has 0 aliphatic carbocycles. The van der Waals surface area contributed by atoms with Crippen LogP contribution in [-0.2, 0) is 13.1 Å².